The van der Waals surface area contributed by atoms with Crippen LogP contribution >= 0.6 is 0 Å². The lowest BCUT2D eigenvalue weighted by atomic mass is 9.69. The van der Waals surface area contributed by atoms with Gasteiger partial charge in [-0.25, -0.2) is 0 Å². The van der Waals surface area contributed by atoms with E-state index < -0.39 is 0 Å². The summed E-state index contributed by atoms with van der Waals surface area (Å²) in [6, 6.07) is 0. The lowest BCUT2D eigenvalue weighted by Crippen LogP contribution is -2.25. The number of rotatable bonds is 46. The van der Waals surface area contributed by atoms with Crippen molar-refractivity contribution in [3.63, 3.8) is 0 Å². The minimum Gasteiger partial charge on any atom is -0.0654 e. The van der Waals surface area contributed by atoms with Crippen molar-refractivity contribution in [1.82, 2.24) is 0 Å². The van der Waals surface area contributed by atoms with Crippen molar-refractivity contribution in [2.75, 3.05) is 0 Å². The van der Waals surface area contributed by atoms with Gasteiger partial charge in [-0.1, -0.05) is 233 Å². The predicted molar refractivity (Wildman–Crippen MR) is 297 cm³/mol. The van der Waals surface area contributed by atoms with Crippen molar-refractivity contribution < 1.29 is 0 Å². The van der Waals surface area contributed by atoms with Crippen LogP contribution in [0.2, 0.25) is 0 Å². The van der Waals surface area contributed by atoms with Crippen LogP contribution in [0.25, 0.3) is 0 Å². The van der Waals surface area contributed by atoms with Gasteiger partial charge in [0.15, 0.2) is 0 Å². The summed E-state index contributed by atoms with van der Waals surface area (Å²) < 4.78 is 0. The SMILES string of the molecule is CCCC(CC(CC(CC(CC)CC)CC(CC)CC)CC(CC(CC)CC)CC(CC)CC)CC(CC(CC(CC)CC)CC(CC)CC)CC(CC(CC)CC)CC(CC)CC. The maximum atomic E-state index is 2.55. The Hall–Kier alpha value is 0. The smallest absolute Gasteiger partial charge is 0.0406 e. The highest BCUT2D eigenvalue weighted by molar-refractivity contribution is 4.83. The van der Waals surface area contributed by atoms with Crippen LogP contribution < -0.4 is 0 Å². The highest BCUT2D eigenvalue weighted by Crippen LogP contribution is 2.44. The van der Waals surface area contributed by atoms with E-state index in [4.69, 9.17) is 0 Å². The maximum absolute atomic E-state index is 2.55. The van der Waals surface area contributed by atoms with Crippen molar-refractivity contribution in [2.45, 2.75) is 323 Å². The molecule has 386 valence electrons. The molecule has 0 spiro atoms. The Bertz CT molecular complexity index is 735. The van der Waals surface area contributed by atoms with Gasteiger partial charge in [-0.15, -0.1) is 0 Å². The van der Waals surface area contributed by atoms with Crippen LogP contribution in [-0.2, 0) is 0 Å². The fourth-order valence-electron chi connectivity index (χ4n) is 14.0. The second-order valence-electron chi connectivity index (χ2n) is 23.6. The largest absolute Gasteiger partial charge is 0.0654 e. The summed E-state index contributed by atoms with van der Waals surface area (Å²) in [4.78, 5) is 0. The highest BCUT2D eigenvalue weighted by atomic mass is 14.4. The fraction of sp³-hybridized carbons (Fsp3) is 1.00. The summed E-state index contributed by atoms with van der Waals surface area (Å²) in [5.74, 6) is 13.6. The van der Waals surface area contributed by atoms with Crippen molar-refractivity contribution in [3.8, 4) is 0 Å². The van der Waals surface area contributed by atoms with Crippen molar-refractivity contribution in [3.05, 3.63) is 0 Å². The van der Waals surface area contributed by atoms with E-state index in [-0.39, 0.29) is 0 Å². The van der Waals surface area contributed by atoms with Gasteiger partial charge in [-0.2, -0.15) is 0 Å². The van der Waals surface area contributed by atoms with Gasteiger partial charge in [0.1, 0.15) is 0 Å². The summed E-state index contributed by atoms with van der Waals surface area (Å²) in [7, 11) is 0. The van der Waals surface area contributed by atoms with Crippen LogP contribution in [-0.4, -0.2) is 0 Å². The lowest BCUT2D eigenvalue weighted by molar-refractivity contribution is 0.146. The third kappa shape index (κ3) is 27.9. The van der Waals surface area contributed by atoms with E-state index in [1.54, 1.807) is 0 Å². The van der Waals surface area contributed by atoms with E-state index in [1.165, 1.54) is 205 Å². The van der Waals surface area contributed by atoms with Gasteiger partial charge in [0.25, 0.3) is 0 Å². The van der Waals surface area contributed by atoms with Gasteiger partial charge < -0.3 is 0 Å². The molecule has 0 aromatic rings. The Kier molecular flexibility index (Phi) is 40.8. The van der Waals surface area contributed by atoms with Gasteiger partial charge in [-0.05, 0) is 179 Å². The Morgan fingerprint density at radius 3 is 0.359 bits per heavy atom. The van der Waals surface area contributed by atoms with E-state index in [1.807, 2.05) is 0 Å². The van der Waals surface area contributed by atoms with Crippen LogP contribution in [0.5, 0.6) is 0 Å². The minimum atomic E-state index is 0.896. The topological polar surface area (TPSA) is 0 Å². The molecule has 0 saturated carbocycles. The summed E-state index contributed by atoms with van der Waals surface area (Å²) in [5.41, 5.74) is 0. The molecular formula is C64H130. The minimum absolute atomic E-state index is 0.896. The molecule has 0 bridgehead atoms. The first kappa shape index (κ1) is 64.0. The molecule has 0 aromatic heterocycles. The van der Waals surface area contributed by atoms with Crippen LogP contribution in [0.1, 0.15) is 323 Å². The molecule has 0 aliphatic heterocycles. The van der Waals surface area contributed by atoms with Crippen LogP contribution in [0, 0.1) is 88.8 Å². The normalized spacial score (nSPS) is 13.1. The molecule has 0 fully saturated rings. The molecule has 0 aliphatic rings. The molecule has 0 unspecified atom stereocenters. The maximum Gasteiger partial charge on any atom is -0.0406 e. The molecule has 0 N–H and O–H groups in total. The Balaban J connectivity index is 7.59. The molecule has 0 radical (unpaired) electrons. The highest BCUT2D eigenvalue weighted by Gasteiger charge is 2.32. The Morgan fingerprint density at radius 2 is 0.250 bits per heavy atom. The van der Waals surface area contributed by atoms with Gasteiger partial charge in [0.2, 0.25) is 0 Å². The molecule has 0 nitrogen and oxygen atoms in total. The molecule has 0 rings (SSSR count). The van der Waals surface area contributed by atoms with E-state index in [0.717, 1.165) is 88.8 Å². The van der Waals surface area contributed by atoms with Crippen molar-refractivity contribution in [1.29, 1.82) is 0 Å². The molecule has 0 atom stereocenters. The summed E-state index contributed by atoms with van der Waals surface area (Å²) in [6.07, 6.45) is 45.9. The van der Waals surface area contributed by atoms with E-state index in [0.29, 0.717) is 0 Å². The zero-order chi connectivity index (χ0) is 48.3. The molecule has 0 heteroatoms. The van der Waals surface area contributed by atoms with Crippen LogP contribution in [0.4, 0.5) is 0 Å². The van der Waals surface area contributed by atoms with Gasteiger partial charge in [0.05, 0.1) is 0 Å². The van der Waals surface area contributed by atoms with E-state index in [2.05, 4.69) is 118 Å². The Morgan fingerprint density at radius 1 is 0.141 bits per heavy atom. The first-order valence-corrected chi connectivity index (χ1v) is 30.9. The second kappa shape index (κ2) is 40.8. The lowest BCUT2D eigenvalue weighted by Gasteiger charge is -2.37. The summed E-state index contributed by atoms with van der Waals surface area (Å²) in [6.45, 7) is 42.5. The quantitative estimate of drug-likeness (QED) is 0.0571. The monoisotopic (exact) mass is 899 g/mol. The molecule has 64 heavy (non-hydrogen) atoms. The zero-order valence-corrected chi connectivity index (χ0v) is 48.3. The molecular weight excluding hydrogens is 769 g/mol. The number of hydrogen-bond acceptors (Lipinski definition) is 0. The van der Waals surface area contributed by atoms with Gasteiger partial charge in [-0.3, -0.25) is 0 Å². The standard InChI is InChI=1S/C64H130/c1-18-35-58(44-63(46-59(36-50(19-2)20-3)37-51(21-4)22-5)47-60(38-52(23-6)24-7)39-53(25-8)26-9)45-64(48-61(40-54(27-10)28-11)41-55(29-12)30-13)49-62(42-56(31-14)32-15)43-57(33-16)34-17/h50-64H,18-49H2,1-17H3. The molecule has 0 aromatic carbocycles. The fourth-order valence-corrected chi connectivity index (χ4v) is 14.0. The number of hydrogen-bond donors (Lipinski definition) is 0. The average molecular weight is 900 g/mol. The van der Waals surface area contributed by atoms with Gasteiger partial charge in [0, 0.05) is 0 Å². The average Bonchev–Trinajstić information content (AvgIpc) is 3.31. The zero-order valence-electron chi connectivity index (χ0n) is 48.3. The van der Waals surface area contributed by atoms with Crippen molar-refractivity contribution >= 4 is 0 Å². The molecule has 0 saturated heterocycles. The molecule has 0 aliphatic carbocycles. The van der Waals surface area contributed by atoms with Crippen LogP contribution in [0.3, 0.4) is 0 Å². The van der Waals surface area contributed by atoms with Crippen molar-refractivity contribution in [2.24, 2.45) is 88.8 Å². The predicted octanol–water partition coefficient (Wildman–Crippen LogP) is 23.1. The first-order valence-electron chi connectivity index (χ1n) is 30.9. The second-order valence-corrected chi connectivity index (χ2v) is 23.6. The molecule has 0 heterocycles. The molecule has 0 amide bonds. The third-order valence-electron chi connectivity index (χ3n) is 19.3. The van der Waals surface area contributed by atoms with E-state index >= 15 is 0 Å². The summed E-state index contributed by atoms with van der Waals surface area (Å²) in [5, 5.41) is 0. The Labute approximate surface area is 410 Å². The van der Waals surface area contributed by atoms with Crippen LogP contribution in [0.15, 0.2) is 0 Å². The third-order valence-corrected chi connectivity index (χ3v) is 19.3. The summed E-state index contributed by atoms with van der Waals surface area (Å²) >= 11 is 0. The van der Waals surface area contributed by atoms with Gasteiger partial charge >= 0.3 is 0 Å². The first-order chi connectivity index (χ1) is 30.9. The van der Waals surface area contributed by atoms with E-state index in [9.17, 15) is 0 Å².